The van der Waals surface area contributed by atoms with Gasteiger partial charge in [-0.15, -0.1) is 0 Å². The Bertz CT molecular complexity index is 2170. The molecule has 14 bridgehead atoms. The molecule has 14 heterocycles. The molecule has 0 aromatic heterocycles. The number of likely N-dealkylation sites (tertiary alicyclic amines) is 4. The molecule has 530 valence electrons. The van der Waals surface area contributed by atoms with Crippen LogP contribution in [0.4, 0.5) is 0 Å². The first-order chi connectivity index (χ1) is 41.9. The Morgan fingerprint density at radius 3 is 1.03 bits per heavy atom. The molecule has 0 N–H and O–H groups in total. The number of hydrogen-bond acceptors (Lipinski definition) is 11. The summed E-state index contributed by atoms with van der Waals surface area (Å²) in [5, 5.41) is 0. The predicted molar refractivity (Wildman–Crippen MR) is 394 cm³/mol. The van der Waals surface area contributed by atoms with Gasteiger partial charge in [0.05, 0.1) is 0 Å². The van der Waals surface area contributed by atoms with Crippen LogP contribution in [0.2, 0.25) is 0 Å². The summed E-state index contributed by atoms with van der Waals surface area (Å²) in [5.41, 5.74) is 4.77. The zero-order chi connectivity index (χ0) is 67.5. The van der Waals surface area contributed by atoms with Gasteiger partial charge in [0.15, 0.2) is 0 Å². The number of fused-ring (bicyclic) bond motifs is 15. The average Bonchev–Trinajstić information content (AvgIpc) is 1.83. The fourth-order valence-electron chi connectivity index (χ4n) is 19.7. The summed E-state index contributed by atoms with van der Waals surface area (Å²) in [6.45, 7) is 69.9. The van der Waals surface area contributed by atoms with E-state index in [-0.39, 0.29) is 0 Å². The first kappa shape index (κ1) is 76.1. The van der Waals surface area contributed by atoms with Crippen LogP contribution in [0.5, 0.6) is 0 Å². The molecule has 0 aromatic carbocycles. The average molecular weight is 1270 g/mol. The molecule has 0 spiro atoms. The predicted octanol–water partition coefficient (Wildman–Crippen LogP) is 14.6. The summed E-state index contributed by atoms with van der Waals surface area (Å²) in [5.74, 6) is 3.78. The molecule has 0 radical (unpaired) electrons. The van der Waals surface area contributed by atoms with E-state index in [2.05, 4.69) is 254 Å². The SMILES string of the molecule is CC(C)N1CC2CC(C1)N2C.CC(C)N1CC2CCCC(C1)N2C.CC1(C)C2CCC1CN(C(C)(C)C)C2.CC1(C)[C@@H]2CC[C@H]1CN(C(C)(C)C)C2.CN1C2C=C(C(C)(C)C)CC1CC2.CN1C2CCC1CN(C(C)(C)C)C2.CN1CC2CCC1CN2C(C)(C)C. The molecule has 0 aromatic rings. The molecule has 16 rings (SSSR count). The standard InChI is InChI=1S/2C13H25N.C12H21N.3C11H22N2.C9H18N2/c2*1-12(2,3)14-8-10-6-7-11(9-14)13(10,4)5;1-12(2,3)9-7-10-5-6-11(8-9)13(10)4;1-11(2,3)13-8-9-5-6-10(13)7-12(9)4;1-11(2,3)13-7-9-5-6-10(8-13)12(9)4;1-9(2)13-7-10-5-4-6-11(8-13)12(10)3;1-7(2)11-5-8-4-9(6-11)10(8)3/h2*10-11H,6-9H2,1-5H3;7,10-11H,5-6,8H2,1-4H3;2*9-10H,5-8H2,1-4H3;9-11H,4-8H2,1-3H3;7-9H,4-6H2,1-3H3/t10-,11+;;;;;;. The van der Waals surface area contributed by atoms with Crippen LogP contribution >= 0.6 is 0 Å². The highest BCUT2D eigenvalue weighted by atomic mass is 15.4. The van der Waals surface area contributed by atoms with Gasteiger partial charge in [0.1, 0.15) is 0 Å². The van der Waals surface area contributed by atoms with Crippen LogP contribution in [0, 0.1) is 39.9 Å². The minimum absolute atomic E-state index is 0.363. The van der Waals surface area contributed by atoms with Crippen LogP contribution in [0.3, 0.4) is 0 Å². The van der Waals surface area contributed by atoms with Gasteiger partial charge in [-0.1, -0.05) is 66.5 Å². The van der Waals surface area contributed by atoms with Gasteiger partial charge in [-0.25, -0.2) is 0 Å². The lowest BCUT2D eigenvalue weighted by Gasteiger charge is -2.56. The maximum absolute atomic E-state index is 2.70. The van der Waals surface area contributed by atoms with Crippen LogP contribution in [0.15, 0.2) is 11.6 Å². The van der Waals surface area contributed by atoms with E-state index >= 15 is 0 Å². The van der Waals surface area contributed by atoms with E-state index in [1.807, 2.05) is 0 Å². The number of piperazine rings is 4. The molecule has 91 heavy (non-hydrogen) atoms. The van der Waals surface area contributed by atoms with Crippen molar-refractivity contribution in [2.45, 2.75) is 350 Å². The number of nitrogens with zero attached hydrogens (tertiary/aromatic N) is 11. The van der Waals surface area contributed by atoms with E-state index in [4.69, 9.17) is 0 Å². The second kappa shape index (κ2) is 29.6. The Morgan fingerprint density at radius 1 is 0.352 bits per heavy atom. The van der Waals surface area contributed by atoms with Crippen molar-refractivity contribution in [1.29, 1.82) is 0 Å². The maximum atomic E-state index is 2.70. The van der Waals surface area contributed by atoms with Crippen LogP contribution < -0.4 is 0 Å². The Labute approximate surface area is 566 Å². The van der Waals surface area contributed by atoms with E-state index in [1.165, 1.54) is 175 Å². The van der Waals surface area contributed by atoms with Crippen molar-refractivity contribution in [2.24, 2.45) is 39.9 Å². The van der Waals surface area contributed by atoms with Gasteiger partial charge in [-0.05, 0) is 276 Å². The lowest BCUT2D eigenvalue weighted by atomic mass is 9.72. The van der Waals surface area contributed by atoms with Crippen LogP contribution in [0.1, 0.15) is 256 Å². The summed E-state index contributed by atoms with van der Waals surface area (Å²) >= 11 is 0. The number of likely N-dealkylation sites (N-methyl/N-ethyl adjacent to an activating group) is 5. The molecule has 13 saturated heterocycles. The Hall–Kier alpha value is -0.700. The molecule has 12 unspecified atom stereocenters. The van der Waals surface area contributed by atoms with Crippen molar-refractivity contribution in [2.75, 3.05) is 114 Å². The molecular formula is C80H155N11. The Morgan fingerprint density at radius 2 is 0.703 bits per heavy atom. The zero-order valence-corrected chi connectivity index (χ0v) is 65.8. The molecular weight excluding hydrogens is 1110 g/mol. The summed E-state index contributed by atoms with van der Waals surface area (Å²) < 4.78 is 0. The summed E-state index contributed by atoms with van der Waals surface area (Å²) in [6.07, 6.45) is 23.8. The number of rotatable bonds is 2. The van der Waals surface area contributed by atoms with E-state index in [0.29, 0.717) is 38.4 Å². The number of piperidine rings is 6. The minimum Gasteiger partial charge on any atom is -0.301 e. The molecule has 2 saturated carbocycles. The van der Waals surface area contributed by atoms with Gasteiger partial charge >= 0.3 is 0 Å². The molecule has 2 aliphatic carbocycles. The summed E-state index contributed by atoms with van der Waals surface area (Å²) in [4.78, 5) is 28.8. The Kier molecular flexibility index (Phi) is 24.8. The molecule has 14 aliphatic heterocycles. The highest BCUT2D eigenvalue weighted by Gasteiger charge is 2.51. The van der Waals surface area contributed by atoms with Gasteiger partial charge < -0.3 is 4.90 Å². The molecule has 0 amide bonds. The largest absolute Gasteiger partial charge is 0.301 e. The van der Waals surface area contributed by atoms with Crippen molar-refractivity contribution in [3.63, 3.8) is 0 Å². The molecule has 11 nitrogen and oxygen atoms in total. The smallest absolute Gasteiger partial charge is 0.0281 e. The van der Waals surface area contributed by atoms with Gasteiger partial charge in [-0.3, -0.25) is 49.0 Å². The quantitative estimate of drug-likeness (QED) is 0.248. The molecule has 11 heteroatoms. The van der Waals surface area contributed by atoms with Gasteiger partial charge in [0, 0.05) is 173 Å². The zero-order valence-electron chi connectivity index (χ0n) is 65.8. The van der Waals surface area contributed by atoms with Gasteiger partial charge in [0.2, 0.25) is 0 Å². The van der Waals surface area contributed by atoms with E-state index in [1.54, 1.807) is 5.57 Å². The van der Waals surface area contributed by atoms with Crippen LogP contribution in [0.25, 0.3) is 0 Å². The lowest BCUT2D eigenvalue weighted by Crippen LogP contribution is -2.67. The summed E-state index contributed by atoms with van der Waals surface area (Å²) in [6, 6.07) is 9.79. The highest BCUT2D eigenvalue weighted by Crippen LogP contribution is 2.53. The Balaban J connectivity index is 0.000000137. The fourth-order valence-corrected chi connectivity index (χ4v) is 19.7. The van der Waals surface area contributed by atoms with Gasteiger partial charge in [0.25, 0.3) is 0 Å². The van der Waals surface area contributed by atoms with Crippen molar-refractivity contribution >= 4 is 0 Å². The summed E-state index contributed by atoms with van der Waals surface area (Å²) in [7, 11) is 11.4. The van der Waals surface area contributed by atoms with Crippen molar-refractivity contribution < 1.29 is 0 Å². The van der Waals surface area contributed by atoms with Crippen molar-refractivity contribution in [1.82, 2.24) is 53.9 Å². The van der Waals surface area contributed by atoms with E-state index in [9.17, 15) is 0 Å². The topological polar surface area (TPSA) is 35.6 Å². The second-order valence-electron chi connectivity index (χ2n) is 39.8. The van der Waals surface area contributed by atoms with Crippen LogP contribution in [-0.4, -0.2) is 262 Å². The molecule has 14 atom stereocenters. The molecule has 16 aliphatic rings. The fraction of sp³-hybridized carbons (Fsp3) is 0.975. The molecule has 15 fully saturated rings. The minimum atomic E-state index is 0.363. The number of hydrogen-bond donors (Lipinski definition) is 0. The third-order valence-electron chi connectivity index (χ3n) is 27.9. The first-order valence-electron chi connectivity index (χ1n) is 38.7. The third kappa shape index (κ3) is 18.4. The van der Waals surface area contributed by atoms with Crippen molar-refractivity contribution in [3.05, 3.63) is 11.6 Å². The maximum Gasteiger partial charge on any atom is 0.0281 e. The first-order valence-corrected chi connectivity index (χ1v) is 38.7. The van der Waals surface area contributed by atoms with Crippen LogP contribution in [-0.2, 0) is 0 Å². The van der Waals surface area contributed by atoms with E-state index < -0.39 is 0 Å². The van der Waals surface area contributed by atoms with E-state index in [0.717, 1.165) is 96.2 Å². The monoisotopic (exact) mass is 1270 g/mol. The second-order valence-corrected chi connectivity index (χ2v) is 39.8. The normalized spacial score (nSPS) is 37.1. The van der Waals surface area contributed by atoms with Crippen molar-refractivity contribution in [3.8, 4) is 0 Å². The third-order valence-corrected chi connectivity index (χ3v) is 27.9. The van der Waals surface area contributed by atoms with Gasteiger partial charge in [-0.2, -0.15) is 0 Å². The lowest BCUT2D eigenvalue weighted by molar-refractivity contribution is -0.0605. The highest BCUT2D eigenvalue weighted by molar-refractivity contribution is 5.22.